The maximum atomic E-state index is 15.1. The van der Waals surface area contributed by atoms with Gasteiger partial charge in [0.2, 0.25) is 5.88 Å². The Morgan fingerprint density at radius 3 is 2.61 bits per heavy atom. The molecule has 4 rings (SSSR count). The van der Waals surface area contributed by atoms with Crippen molar-refractivity contribution in [3.8, 4) is 28.3 Å². The van der Waals surface area contributed by atoms with Crippen LogP contribution in [0.3, 0.4) is 0 Å². The third-order valence-electron chi connectivity index (χ3n) is 5.03. The van der Waals surface area contributed by atoms with E-state index >= 15 is 8.78 Å². The van der Waals surface area contributed by atoms with E-state index in [0.717, 1.165) is 17.7 Å². The first-order valence-electron chi connectivity index (χ1n) is 9.13. The van der Waals surface area contributed by atoms with Crippen molar-refractivity contribution in [2.24, 2.45) is 0 Å². The van der Waals surface area contributed by atoms with Crippen LogP contribution in [0.5, 0.6) is 5.88 Å². The number of halogens is 2. The molecule has 1 saturated heterocycles. The quantitative estimate of drug-likeness (QED) is 0.665. The number of benzene rings is 1. The Bertz CT molecular complexity index is 1030. The highest BCUT2D eigenvalue weighted by atomic mass is 19.1. The molecule has 0 unspecified atom stereocenters. The molecule has 0 aliphatic carbocycles. The van der Waals surface area contributed by atoms with Gasteiger partial charge in [0.1, 0.15) is 11.6 Å². The number of hydrogen-bond acceptors (Lipinski definition) is 4. The van der Waals surface area contributed by atoms with Crippen LogP contribution < -0.4 is 4.74 Å². The molecule has 5 nitrogen and oxygen atoms in total. The molecule has 0 spiro atoms. The second kappa shape index (κ2) is 7.31. The standard InChI is InChI=1S/C21H21F2N3O2/c1-12-8-13(2)25-21(27-3)20(12)16-10-17(22)15(9-18(16)23)19-4-6-24-26(19)14-5-7-28-11-14/h4,6,8-10,14H,5,7,11H2,1-3H3/t14-/m0/s1. The number of methoxy groups -OCH3 is 1. The van der Waals surface area contributed by atoms with Crippen molar-refractivity contribution in [2.75, 3.05) is 20.3 Å². The van der Waals surface area contributed by atoms with Crippen LogP contribution in [-0.4, -0.2) is 35.1 Å². The summed E-state index contributed by atoms with van der Waals surface area (Å²) in [6, 6.07) is 5.95. The Balaban J connectivity index is 1.83. The average Bonchev–Trinajstić information content (AvgIpc) is 3.34. The summed E-state index contributed by atoms with van der Waals surface area (Å²) in [7, 11) is 1.47. The van der Waals surface area contributed by atoms with Gasteiger partial charge in [0.05, 0.1) is 25.5 Å². The Labute approximate surface area is 161 Å². The van der Waals surface area contributed by atoms with Gasteiger partial charge in [-0.25, -0.2) is 13.8 Å². The van der Waals surface area contributed by atoms with Crippen LogP contribution in [0.25, 0.3) is 22.4 Å². The van der Waals surface area contributed by atoms with E-state index in [9.17, 15) is 0 Å². The summed E-state index contributed by atoms with van der Waals surface area (Å²) < 4.78 is 42.6. The van der Waals surface area contributed by atoms with E-state index in [-0.39, 0.29) is 23.0 Å². The highest BCUT2D eigenvalue weighted by molar-refractivity contribution is 5.76. The van der Waals surface area contributed by atoms with Crippen LogP contribution >= 0.6 is 0 Å². The minimum atomic E-state index is -0.543. The molecule has 1 aromatic carbocycles. The van der Waals surface area contributed by atoms with Crippen molar-refractivity contribution in [1.29, 1.82) is 0 Å². The van der Waals surface area contributed by atoms with Crippen molar-refractivity contribution in [3.05, 3.63) is 53.4 Å². The molecule has 0 amide bonds. The zero-order valence-electron chi connectivity index (χ0n) is 16.0. The molecule has 1 aliphatic heterocycles. The molecule has 0 N–H and O–H groups in total. The zero-order chi connectivity index (χ0) is 19.8. The first kappa shape index (κ1) is 18.6. The molecular formula is C21H21F2N3O2. The maximum absolute atomic E-state index is 15.1. The van der Waals surface area contributed by atoms with Crippen LogP contribution in [-0.2, 0) is 4.74 Å². The minimum Gasteiger partial charge on any atom is -0.481 e. The molecule has 1 fully saturated rings. The highest BCUT2D eigenvalue weighted by Crippen LogP contribution is 2.37. The summed E-state index contributed by atoms with van der Waals surface area (Å²) in [4.78, 5) is 4.30. The first-order chi connectivity index (χ1) is 13.5. The molecule has 7 heteroatoms. The molecule has 0 saturated carbocycles. The van der Waals surface area contributed by atoms with Crippen LogP contribution in [0.2, 0.25) is 0 Å². The lowest BCUT2D eigenvalue weighted by Crippen LogP contribution is -2.12. The van der Waals surface area contributed by atoms with Crippen molar-refractivity contribution < 1.29 is 18.3 Å². The Kier molecular flexibility index (Phi) is 4.85. The van der Waals surface area contributed by atoms with Gasteiger partial charge in [0, 0.05) is 35.2 Å². The van der Waals surface area contributed by atoms with Crippen molar-refractivity contribution in [2.45, 2.75) is 26.3 Å². The molecule has 28 heavy (non-hydrogen) atoms. The summed E-state index contributed by atoms with van der Waals surface area (Å²) in [5.74, 6) is -0.797. The molecule has 1 aliphatic rings. The molecule has 1 atom stereocenters. The van der Waals surface area contributed by atoms with Crippen LogP contribution in [0, 0.1) is 25.5 Å². The predicted molar refractivity (Wildman–Crippen MR) is 101 cm³/mol. The second-order valence-electron chi connectivity index (χ2n) is 6.96. The lowest BCUT2D eigenvalue weighted by molar-refractivity contribution is 0.185. The largest absolute Gasteiger partial charge is 0.481 e. The van der Waals surface area contributed by atoms with E-state index in [4.69, 9.17) is 9.47 Å². The Hall–Kier alpha value is -2.80. The van der Waals surface area contributed by atoms with Gasteiger partial charge < -0.3 is 9.47 Å². The predicted octanol–water partition coefficient (Wildman–Crippen LogP) is 4.48. The number of pyridine rings is 1. The smallest absolute Gasteiger partial charge is 0.221 e. The van der Waals surface area contributed by atoms with Gasteiger partial charge >= 0.3 is 0 Å². The number of rotatable bonds is 4. The van der Waals surface area contributed by atoms with Crippen LogP contribution in [0.15, 0.2) is 30.5 Å². The van der Waals surface area contributed by atoms with Gasteiger partial charge in [0.25, 0.3) is 0 Å². The monoisotopic (exact) mass is 385 g/mol. The van der Waals surface area contributed by atoms with Gasteiger partial charge in [0.15, 0.2) is 0 Å². The van der Waals surface area contributed by atoms with Crippen LogP contribution in [0.1, 0.15) is 23.7 Å². The third-order valence-corrected chi connectivity index (χ3v) is 5.03. The Morgan fingerprint density at radius 1 is 1.14 bits per heavy atom. The second-order valence-corrected chi connectivity index (χ2v) is 6.96. The van der Waals surface area contributed by atoms with Crippen molar-refractivity contribution in [1.82, 2.24) is 14.8 Å². The zero-order valence-corrected chi connectivity index (χ0v) is 16.0. The van der Waals surface area contributed by atoms with E-state index < -0.39 is 11.6 Å². The van der Waals surface area contributed by atoms with Crippen LogP contribution in [0.4, 0.5) is 8.78 Å². The first-order valence-corrected chi connectivity index (χ1v) is 9.13. The lowest BCUT2D eigenvalue weighted by atomic mass is 9.98. The topological polar surface area (TPSA) is 49.2 Å². The third kappa shape index (κ3) is 3.16. The van der Waals surface area contributed by atoms with Gasteiger partial charge in [-0.05, 0) is 50.1 Å². The fourth-order valence-corrected chi connectivity index (χ4v) is 3.75. The summed E-state index contributed by atoms with van der Waals surface area (Å²) >= 11 is 0. The lowest BCUT2D eigenvalue weighted by Gasteiger charge is -2.16. The summed E-state index contributed by atoms with van der Waals surface area (Å²) in [6.45, 7) is 4.81. The summed E-state index contributed by atoms with van der Waals surface area (Å²) in [5, 5.41) is 4.29. The van der Waals surface area contributed by atoms with Crippen molar-refractivity contribution >= 4 is 0 Å². The maximum Gasteiger partial charge on any atom is 0.221 e. The van der Waals surface area contributed by atoms with Gasteiger partial charge in [-0.2, -0.15) is 5.10 Å². The van der Waals surface area contributed by atoms with E-state index in [1.165, 1.54) is 19.2 Å². The van der Waals surface area contributed by atoms with Gasteiger partial charge in [-0.15, -0.1) is 0 Å². The van der Waals surface area contributed by atoms with E-state index in [2.05, 4.69) is 10.1 Å². The highest BCUT2D eigenvalue weighted by Gasteiger charge is 2.24. The number of ether oxygens (including phenoxy) is 2. The fraction of sp³-hybridized carbons (Fsp3) is 0.333. The normalized spacial score (nSPS) is 16.5. The number of aromatic nitrogens is 3. The van der Waals surface area contributed by atoms with E-state index in [0.29, 0.717) is 24.5 Å². The summed E-state index contributed by atoms with van der Waals surface area (Å²) in [6.07, 6.45) is 2.39. The molecule has 3 heterocycles. The van der Waals surface area contributed by atoms with Gasteiger partial charge in [-0.1, -0.05) is 0 Å². The molecule has 0 radical (unpaired) electrons. The SMILES string of the molecule is COc1nc(C)cc(C)c1-c1cc(F)c(-c2ccnn2[C@H]2CCOC2)cc1F. The van der Waals surface area contributed by atoms with E-state index in [1.807, 2.05) is 19.9 Å². The Morgan fingerprint density at radius 2 is 1.89 bits per heavy atom. The average molecular weight is 385 g/mol. The van der Waals surface area contributed by atoms with Crippen molar-refractivity contribution in [3.63, 3.8) is 0 Å². The molecule has 2 aromatic heterocycles. The summed E-state index contributed by atoms with van der Waals surface area (Å²) in [5.41, 5.74) is 2.79. The number of nitrogens with zero attached hydrogens (tertiary/aromatic N) is 3. The molecule has 3 aromatic rings. The fourth-order valence-electron chi connectivity index (χ4n) is 3.75. The number of aryl methyl sites for hydroxylation is 2. The number of hydrogen-bond donors (Lipinski definition) is 0. The minimum absolute atomic E-state index is 0.0239. The molecule has 0 bridgehead atoms. The molecule has 146 valence electrons. The molecular weight excluding hydrogens is 364 g/mol. The van der Waals surface area contributed by atoms with Gasteiger partial charge in [-0.3, -0.25) is 4.68 Å². The van der Waals surface area contributed by atoms with E-state index in [1.54, 1.807) is 16.9 Å².